The number of hydrogen-bond donors (Lipinski definition) is 1. The van der Waals surface area contributed by atoms with Crippen molar-refractivity contribution in [2.24, 2.45) is 0 Å². The van der Waals surface area contributed by atoms with E-state index in [1.54, 1.807) is 11.1 Å². The molecule has 0 saturated heterocycles. The lowest BCUT2D eigenvalue weighted by Crippen LogP contribution is -2.01. The highest BCUT2D eigenvalue weighted by molar-refractivity contribution is 7.26. The standard InChI is InChI=1S/C41H33NS4/c1-20-6-8-25(9-7-20)30-14-16-32(43-30)34-18-28-21(2)36-24(5)39-37(23(4)38(36)40(28)45-34)22(3)29-19-35(46-41(29)39)33-17-15-31(44-33)26-10-12-27(42)13-11-26/h6-19,21-22H,42H2,1-5H3. The summed E-state index contributed by atoms with van der Waals surface area (Å²) in [7, 11) is 0. The number of aryl methyl sites for hydroxylation is 1. The zero-order valence-corrected chi connectivity index (χ0v) is 29.7. The summed E-state index contributed by atoms with van der Waals surface area (Å²) in [6.45, 7) is 11.8. The molecule has 46 heavy (non-hydrogen) atoms. The summed E-state index contributed by atoms with van der Waals surface area (Å²) in [5.41, 5.74) is 22.7. The molecule has 2 atom stereocenters. The van der Waals surface area contributed by atoms with Crippen molar-refractivity contribution in [2.75, 3.05) is 5.73 Å². The topological polar surface area (TPSA) is 26.0 Å². The third-order valence-electron chi connectivity index (χ3n) is 10.1. The second-order valence-corrected chi connectivity index (χ2v) is 17.1. The second kappa shape index (κ2) is 10.4. The number of rotatable bonds is 4. The van der Waals surface area contributed by atoms with E-state index in [-0.39, 0.29) is 0 Å². The maximum absolute atomic E-state index is 5.94. The van der Waals surface area contributed by atoms with Crippen molar-refractivity contribution >= 4 is 51.0 Å². The fraction of sp³-hybridized carbons (Fsp3) is 0.171. The molecule has 4 aromatic heterocycles. The molecule has 4 heterocycles. The first-order valence-electron chi connectivity index (χ1n) is 15.8. The van der Waals surface area contributed by atoms with Crippen LogP contribution in [0.25, 0.3) is 61.3 Å². The molecule has 2 N–H and O–H groups in total. The van der Waals surface area contributed by atoms with Crippen molar-refractivity contribution in [3.8, 4) is 61.3 Å². The van der Waals surface area contributed by atoms with Crippen molar-refractivity contribution < 1.29 is 0 Å². The molecule has 2 unspecified atom stereocenters. The summed E-state index contributed by atoms with van der Waals surface area (Å²) in [5, 5.41) is 0. The maximum Gasteiger partial charge on any atom is 0.0452 e. The van der Waals surface area contributed by atoms with Crippen molar-refractivity contribution in [2.45, 2.75) is 46.5 Å². The lowest BCUT2D eigenvalue weighted by Gasteiger charge is -2.20. The van der Waals surface area contributed by atoms with Crippen LogP contribution >= 0.6 is 45.3 Å². The van der Waals surface area contributed by atoms with Crippen molar-refractivity contribution in [1.82, 2.24) is 0 Å². The number of anilines is 1. The van der Waals surface area contributed by atoms with Crippen molar-refractivity contribution in [3.63, 3.8) is 0 Å². The van der Waals surface area contributed by atoms with E-state index in [0.29, 0.717) is 11.8 Å². The van der Waals surface area contributed by atoms with Gasteiger partial charge >= 0.3 is 0 Å². The summed E-state index contributed by atoms with van der Waals surface area (Å²) in [6.07, 6.45) is 0. The van der Waals surface area contributed by atoms with Gasteiger partial charge < -0.3 is 5.73 Å². The molecular weight excluding hydrogens is 635 g/mol. The number of nitrogen functional groups attached to an aromatic ring is 1. The van der Waals surface area contributed by atoms with E-state index in [4.69, 9.17) is 5.73 Å². The summed E-state index contributed by atoms with van der Waals surface area (Å²) in [6, 6.07) is 31.2. The highest BCUT2D eigenvalue weighted by atomic mass is 32.1. The van der Waals surface area contributed by atoms with Gasteiger partial charge in [-0.25, -0.2) is 0 Å². The zero-order chi connectivity index (χ0) is 31.4. The van der Waals surface area contributed by atoms with E-state index in [1.807, 2.05) is 57.5 Å². The van der Waals surface area contributed by atoms with Gasteiger partial charge in [-0.1, -0.05) is 55.8 Å². The SMILES string of the molecule is Cc1ccc(-c2ccc(-c3cc4c(s3)-c3c(C)c5c(c(C)c3C4C)-c3sc(-c4ccc(-c6ccc(N)cc6)s4)cc3C5C)s2)cc1. The van der Waals surface area contributed by atoms with E-state index in [9.17, 15) is 0 Å². The molecule has 3 aromatic carbocycles. The maximum atomic E-state index is 5.94. The minimum Gasteiger partial charge on any atom is -0.399 e. The molecule has 0 amide bonds. The number of hydrogen-bond acceptors (Lipinski definition) is 5. The molecule has 0 spiro atoms. The van der Waals surface area contributed by atoms with Crippen molar-refractivity contribution in [3.05, 3.63) is 124 Å². The molecule has 1 nitrogen and oxygen atoms in total. The van der Waals surface area contributed by atoms with Crippen molar-refractivity contribution in [1.29, 1.82) is 0 Å². The van der Waals surface area contributed by atoms with E-state index in [0.717, 1.165) is 5.69 Å². The van der Waals surface area contributed by atoms with Crippen LogP contribution in [0.4, 0.5) is 5.69 Å². The summed E-state index contributed by atoms with van der Waals surface area (Å²) in [4.78, 5) is 11.1. The first kappa shape index (κ1) is 28.5. The van der Waals surface area contributed by atoms with E-state index in [1.165, 1.54) is 89.1 Å². The van der Waals surface area contributed by atoms with Gasteiger partial charge in [0.25, 0.3) is 0 Å². The average molecular weight is 668 g/mol. The monoisotopic (exact) mass is 667 g/mol. The van der Waals surface area contributed by atoms with Gasteiger partial charge in [0.15, 0.2) is 0 Å². The number of nitrogens with two attached hydrogens (primary N) is 1. The molecule has 0 bridgehead atoms. The van der Waals surface area contributed by atoms with Gasteiger partial charge in [-0.15, -0.1) is 45.3 Å². The van der Waals surface area contributed by atoms with E-state index < -0.39 is 0 Å². The van der Waals surface area contributed by atoms with Gasteiger partial charge in [0.05, 0.1) is 0 Å². The Bertz CT molecular complexity index is 2160. The quantitative estimate of drug-likeness (QED) is 0.186. The van der Waals surface area contributed by atoms with Crippen LogP contribution in [0.2, 0.25) is 0 Å². The van der Waals surface area contributed by atoms with Crippen LogP contribution in [0, 0.1) is 20.8 Å². The van der Waals surface area contributed by atoms with Gasteiger partial charge in [-0.05, 0) is 125 Å². The third-order valence-corrected chi connectivity index (χ3v) is 15.1. The fourth-order valence-electron chi connectivity index (χ4n) is 7.73. The Kier molecular flexibility index (Phi) is 6.43. The Morgan fingerprint density at radius 2 is 0.891 bits per heavy atom. The Morgan fingerprint density at radius 1 is 0.478 bits per heavy atom. The number of thiophene rings is 4. The lowest BCUT2D eigenvalue weighted by molar-refractivity contribution is 0.926. The molecule has 0 aliphatic heterocycles. The number of fused-ring (bicyclic) bond motifs is 6. The van der Waals surface area contributed by atoms with Gasteiger partial charge in [0.2, 0.25) is 0 Å². The van der Waals surface area contributed by atoms with Crippen LogP contribution in [0.15, 0.2) is 84.9 Å². The van der Waals surface area contributed by atoms with Gasteiger partial charge in [0.1, 0.15) is 0 Å². The fourth-order valence-corrected chi connectivity index (χ4v) is 12.7. The molecule has 0 fully saturated rings. The second-order valence-electron chi connectivity index (χ2n) is 12.9. The predicted molar refractivity (Wildman–Crippen MR) is 204 cm³/mol. The lowest BCUT2D eigenvalue weighted by atomic mass is 9.85. The zero-order valence-electron chi connectivity index (χ0n) is 26.4. The summed E-state index contributed by atoms with van der Waals surface area (Å²) >= 11 is 7.77. The first-order valence-corrected chi connectivity index (χ1v) is 19.1. The van der Waals surface area contributed by atoms with Crippen LogP contribution in [0.5, 0.6) is 0 Å². The van der Waals surface area contributed by atoms with Crippen LogP contribution in [-0.2, 0) is 0 Å². The largest absolute Gasteiger partial charge is 0.399 e. The average Bonchev–Trinajstić information content (AvgIpc) is 3.89. The molecule has 9 rings (SSSR count). The Hall–Kier alpha value is -3.74. The molecule has 2 aliphatic carbocycles. The smallest absolute Gasteiger partial charge is 0.0452 e. The highest BCUT2D eigenvalue weighted by Gasteiger charge is 2.39. The normalized spacial score (nSPS) is 16.0. The Morgan fingerprint density at radius 3 is 1.35 bits per heavy atom. The van der Waals surface area contributed by atoms with Gasteiger partial charge in [-0.2, -0.15) is 0 Å². The minimum atomic E-state index is 0.392. The predicted octanol–water partition coefficient (Wildman–Crippen LogP) is 13.4. The summed E-state index contributed by atoms with van der Waals surface area (Å²) in [5.74, 6) is 0.790. The third kappa shape index (κ3) is 4.15. The molecule has 226 valence electrons. The first-order chi connectivity index (χ1) is 22.3. The molecule has 2 aliphatic rings. The van der Waals surface area contributed by atoms with Crippen LogP contribution < -0.4 is 5.73 Å². The molecule has 5 heteroatoms. The molecular formula is C41H33NS4. The number of benzene rings is 3. The molecule has 7 aromatic rings. The van der Waals surface area contributed by atoms with E-state index in [2.05, 4.69) is 107 Å². The van der Waals surface area contributed by atoms with E-state index >= 15 is 0 Å². The summed E-state index contributed by atoms with van der Waals surface area (Å²) < 4.78 is 0. The molecule has 0 radical (unpaired) electrons. The Balaban J connectivity index is 1.09. The molecule has 0 saturated carbocycles. The van der Waals surface area contributed by atoms with Gasteiger partial charge in [0, 0.05) is 56.5 Å². The van der Waals surface area contributed by atoms with Crippen LogP contribution in [0.1, 0.15) is 64.6 Å². The van der Waals surface area contributed by atoms with Gasteiger partial charge in [-0.3, -0.25) is 0 Å². The Labute approximate surface area is 286 Å². The highest BCUT2D eigenvalue weighted by Crippen LogP contribution is 2.61. The minimum absolute atomic E-state index is 0.392. The van der Waals surface area contributed by atoms with Crippen LogP contribution in [0.3, 0.4) is 0 Å². The van der Waals surface area contributed by atoms with Crippen LogP contribution in [-0.4, -0.2) is 0 Å².